The van der Waals surface area contributed by atoms with E-state index in [-0.39, 0.29) is 17.7 Å². The summed E-state index contributed by atoms with van der Waals surface area (Å²) in [5.74, 6) is -0.864. The molecule has 0 spiro atoms. The third-order valence-electron chi connectivity index (χ3n) is 4.52. The predicted molar refractivity (Wildman–Crippen MR) is 117 cm³/mol. The molecule has 6 heteroatoms. The SMILES string of the molecule is CC(C)C(NC(=O)c1cccc(Cl)c1)C(=O)N/N=C/c1cccc2ccccc12. The molecule has 0 aromatic heterocycles. The van der Waals surface area contributed by atoms with Crippen LogP contribution in [0, 0.1) is 5.92 Å². The van der Waals surface area contributed by atoms with Crippen LogP contribution in [-0.4, -0.2) is 24.1 Å². The molecule has 0 saturated carbocycles. The molecule has 5 nitrogen and oxygen atoms in total. The number of amides is 2. The van der Waals surface area contributed by atoms with Crippen molar-refractivity contribution in [2.75, 3.05) is 0 Å². The lowest BCUT2D eigenvalue weighted by molar-refractivity contribution is -0.123. The highest BCUT2D eigenvalue weighted by molar-refractivity contribution is 6.31. The summed E-state index contributed by atoms with van der Waals surface area (Å²) >= 11 is 5.94. The standard InChI is InChI=1S/C23H22ClN3O2/c1-15(2)21(26-22(28)17-9-6-11-19(24)13-17)23(29)27-25-14-18-10-5-8-16-7-3-4-12-20(16)18/h3-15,21H,1-2H3,(H,26,28)(H,27,29)/b25-14+. The maximum absolute atomic E-state index is 12.6. The maximum Gasteiger partial charge on any atom is 0.262 e. The minimum atomic E-state index is -0.730. The van der Waals surface area contributed by atoms with E-state index in [2.05, 4.69) is 15.8 Å². The monoisotopic (exact) mass is 407 g/mol. The molecule has 29 heavy (non-hydrogen) atoms. The van der Waals surface area contributed by atoms with E-state index in [0.29, 0.717) is 10.6 Å². The first-order valence-electron chi connectivity index (χ1n) is 9.33. The van der Waals surface area contributed by atoms with Gasteiger partial charge in [-0.1, -0.05) is 74.0 Å². The molecule has 0 fully saturated rings. The quantitative estimate of drug-likeness (QED) is 0.469. The average molecular weight is 408 g/mol. The van der Waals surface area contributed by atoms with Crippen LogP contribution in [0.15, 0.2) is 71.8 Å². The number of hydrazone groups is 1. The van der Waals surface area contributed by atoms with Gasteiger partial charge in [0.15, 0.2) is 0 Å². The molecule has 0 aliphatic carbocycles. The highest BCUT2D eigenvalue weighted by Crippen LogP contribution is 2.17. The van der Waals surface area contributed by atoms with Gasteiger partial charge in [-0.05, 0) is 34.9 Å². The molecule has 3 aromatic rings. The molecule has 148 valence electrons. The lowest BCUT2D eigenvalue weighted by Gasteiger charge is -2.20. The summed E-state index contributed by atoms with van der Waals surface area (Å²) in [4.78, 5) is 25.1. The second kappa shape index (κ2) is 9.34. The number of carbonyl (C=O) groups excluding carboxylic acids is 2. The van der Waals surface area contributed by atoms with Crippen LogP contribution >= 0.6 is 11.6 Å². The summed E-state index contributed by atoms with van der Waals surface area (Å²) in [5.41, 5.74) is 3.83. The summed E-state index contributed by atoms with van der Waals surface area (Å²) in [6.07, 6.45) is 1.61. The van der Waals surface area contributed by atoms with E-state index in [1.807, 2.05) is 56.3 Å². The molecule has 3 rings (SSSR count). The van der Waals surface area contributed by atoms with E-state index in [1.165, 1.54) is 0 Å². The van der Waals surface area contributed by atoms with Gasteiger partial charge in [0.1, 0.15) is 6.04 Å². The molecule has 0 aliphatic rings. The Kier molecular flexibility index (Phi) is 6.62. The Hall–Kier alpha value is -3.18. The van der Waals surface area contributed by atoms with Gasteiger partial charge in [-0.15, -0.1) is 0 Å². The predicted octanol–water partition coefficient (Wildman–Crippen LogP) is 4.40. The van der Waals surface area contributed by atoms with Crippen LogP contribution in [0.25, 0.3) is 10.8 Å². The summed E-state index contributed by atoms with van der Waals surface area (Å²) in [6, 6.07) is 19.7. The first-order valence-corrected chi connectivity index (χ1v) is 9.70. The fraction of sp³-hybridized carbons (Fsp3) is 0.174. The van der Waals surface area contributed by atoms with E-state index < -0.39 is 6.04 Å². The zero-order valence-electron chi connectivity index (χ0n) is 16.2. The van der Waals surface area contributed by atoms with Gasteiger partial charge in [0.2, 0.25) is 0 Å². The molecule has 1 atom stereocenters. The Morgan fingerprint density at radius 3 is 2.48 bits per heavy atom. The molecule has 0 heterocycles. The number of hydrogen-bond acceptors (Lipinski definition) is 3. The largest absolute Gasteiger partial charge is 0.340 e. The first-order chi connectivity index (χ1) is 14.0. The van der Waals surface area contributed by atoms with Crippen LogP contribution < -0.4 is 10.7 Å². The minimum absolute atomic E-state index is 0.120. The average Bonchev–Trinajstić information content (AvgIpc) is 2.71. The second-order valence-electron chi connectivity index (χ2n) is 7.01. The highest BCUT2D eigenvalue weighted by Gasteiger charge is 2.24. The van der Waals surface area contributed by atoms with Gasteiger partial charge >= 0.3 is 0 Å². The Morgan fingerprint density at radius 1 is 1.00 bits per heavy atom. The van der Waals surface area contributed by atoms with Gasteiger partial charge in [0, 0.05) is 16.1 Å². The van der Waals surface area contributed by atoms with Crippen molar-refractivity contribution in [3.63, 3.8) is 0 Å². The van der Waals surface area contributed by atoms with Gasteiger partial charge in [-0.2, -0.15) is 5.10 Å². The molecule has 0 radical (unpaired) electrons. The molecule has 3 aromatic carbocycles. The van der Waals surface area contributed by atoms with Crippen LogP contribution in [0.2, 0.25) is 5.02 Å². The number of fused-ring (bicyclic) bond motifs is 1. The van der Waals surface area contributed by atoms with E-state index in [9.17, 15) is 9.59 Å². The van der Waals surface area contributed by atoms with Crippen LogP contribution in [0.4, 0.5) is 0 Å². The molecule has 0 saturated heterocycles. The molecule has 2 N–H and O–H groups in total. The minimum Gasteiger partial charge on any atom is -0.340 e. The van der Waals surface area contributed by atoms with Crippen molar-refractivity contribution in [3.8, 4) is 0 Å². The zero-order valence-corrected chi connectivity index (χ0v) is 17.0. The lowest BCUT2D eigenvalue weighted by Crippen LogP contribution is -2.48. The van der Waals surface area contributed by atoms with Crippen molar-refractivity contribution in [3.05, 3.63) is 82.9 Å². The van der Waals surface area contributed by atoms with Crippen molar-refractivity contribution in [2.24, 2.45) is 11.0 Å². The number of rotatable bonds is 6. The first kappa shape index (κ1) is 20.6. The van der Waals surface area contributed by atoms with Crippen molar-refractivity contribution in [2.45, 2.75) is 19.9 Å². The van der Waals surface area contributed by atoms with Crippen molar-refractivity contribution < 1.29 is 9.59 Å². The van der Waals surface area contributed by atoms with Gasteiger partial charge in [-0.3, -0.25) is 9.59 Å². The highest BCUT2D eigenvalue weighted by atomic mass is 35.5. The summed E-state index contributed by atoms with van der Waals surface area (Å²) in [6.45, 7) is 3.72. The van der Waals surface area contributed by atoms with Gasteiger partial charge in [-0.25, -0.2) is 5.43 Å². The van der Waals surface area contributed by atoms with E-state index in [4.69, 9.17) is 11.6 Å². The Morgan fingerprint density at radius 2 is 1.72 bits per heavy atom. The second-order valence-corrected chi connectivity index (χ2v) is 7.44. The number of nitrogens with one attached hydrogen (secondary N) is 2. The van der Waals surface area contributed by atoms with E-state index in [0.717, 1.165) is 16.3 Å². The number of benzene rings is 3. The molecule has 1 unspecified atom stereocenters. The smallest absolute Gasteiger partial charge is 0.262 e. The van der Waals surface area contributed by atoms with Crippen LogP contribution in [-0.2, 0) is 4.79 Å². The van der Waals surface area contributed by atoms with Crippen molar-refractivity contribution in [1.29, 1.82) is 0 Å². The summed E-state index contributed by atoms with van der Waals surface area (Å²) in [5, 5.41) is 9.45. The van der Waals surface area contributed by atoms with E-state index in [1.54, 1.807) is 30.5 Å². The normalized spacial score (nSPS) is 12.3. The fourth-order valence-electron chi connectivity index (χ4n) is 2.99. The molecule has 0 bridgehead atoms. The van der Waals surface area contributed by atoms with Crippen LogP contribution in [0.3, 0.4) is 0 Å². The Labute approximate surface area is 174 Å². The fourth-order valence-corrected chi connectivity index (χ4v) is 3.18. The van der Waals surface area contributed by atoms with Crippen LogP contribution in [0.5, 0.6) is 0 Å². The Bertz CT molecular complexity index is 1060. The van der Waals surface area contributed by atoms with Crippen molar-refractivity contribution in [1.82, 2.24) is 10.7 Å². The lowest BCUT2D eigenvalue weighted by atomic mass is 10.0. The topological polar surface area (TPSA) is 70.6 Å². The zero-order chi connectivity index (χ0) is 20.8. The number of hydrogen-bond donors (Lipinski definition) is 2. The van der Waals surface area contributed by atoms with E-state index >= 15 is 0 Å². The summed E-state index contributed by atoms with van der Waals surface area (Å²) in [7, 11) is 0. The van der Waals surface area contributed by atoms with Gasteiger partial charge < -0.3 is 5.32 Å². The molecular weight excluding hydrogens is 386 g/mol. The Balaban J connectivity index is 1.69. The van der Waals surface area contributed by atoms with Crippen LogP contribution in [0.1, 0.15) is 29.8 Å². The third kappa shape index (κ3) is 5.21. The molecular formula is C23H22ClN3O2. The number of halogens is 1. The third-order valence-corrected chi connectivity index (χ3v) is 4.76. The summed E-state index contributed by atoms with van der Waals surface area (Å²) < 4.78 is 0. The molecule has 2 amide bonds. The van der Waals surface area contributed by atoms with Gasteiger partial charge in [0.05, 0.1) is 6.21 Å². The maximum atomic E-state index is 12.6. The molecule has 0 aliphatic heterocycles. The van der Waals surface area contributed by atoms with Gasteiger partial charge in [0.25, 0.3) is 11.8 Å². The van der Waals surface area contributed by atoms with Crippen molar-refractivity contribution >= 4 is 40.4 Å². The number of nitrogens with zero attached hydrogens (tertiary/aromatic N) is 1. The number of carbonyl (C=O) groups is 2.